The van der Waals surface area contributed by atoms with E-state index in [1.807, 2.05) is 21.1 Å². The zero-order valence-corrected chi connectivity index (χ0v) is 45.1. The molecule has 0 aliphatic carbocycles. The van der Waals surface area contributed by atoms with Crippen molar-refractivity contribution < 1.29 is 42.1 Å². The lowest BCUT2D eigenvalue weighted by Crippen LogP contribution is -2.37. The first-order chi connectivity index (χ1) is 33.5. The van der Waals surface area contributed by atoms with Gasteiger partial charge >= 0.3 is 19.8 Å². The third-order valence-corrected chi connectivity index (χ3v) is 11.7. The molecule has 0 spiro atoms. The van der Waals surface area contributed by atoms with Crippen molar-refractivity contribution in [3.8, 4) is 0 Å². The summed E-state index contributed by atoms with van der Waals surface area (Å²) in [6.45, 7) is 4.24. The number of hydrogen-bond donors (Lipinski definition) is 1. The van der Waals surface area contributed by atoms with Gasteiger partial charge in [0.05, 0.1) is 27.7 Å². The molecule has 0 aromatic heterocycles. The van der Waals surface area contributed by atoms with E-state index in [1.54, 1.807) is 0 Å². The van der Waals surface area contributed by atoms with Gasteiger partial charge in [0.2, 0.25) is 0 Å². The van der Waals surface area contributed by atoms with E-state index >= 15 is 0 Å². The zero-order valence-electron chi connectivity index (χ0n) is 44.2. The number of unbranched alkanes of at least 4 members (excludes halogenated alkanes) is 13. The van der Waals surface area contributed by atoms with E-state index in [9.17, 15) is 19.0 Å². The summed E-state index contributed by atoms with van der Waals surface area (Å²) in [5, 5.41) is 0. The Bertz CT molecular complexity index is 1580. The molecule has 9 nitrogen and oxygen atoms in total. The minimum absolute atomic E-state index is 0.0174. The molecule has 0 rings (SSSR count). The molecule has 0 fully saturated rings. The standard InChI is InChI=1S/C59H98NO8P/c1-6-8-10-12-14-16-18-20-21-22-23-24-25-26-27-28-29-30-31-32-33-34-35-36-37-38-39-40-42-44-46-48-50-52-59(62)68-57(56-67-69(63,64)66-54-53-60(3,4)5)55-65-58(61)51-49-47-45-43-41-19-17-15-13-11-9-7-2/h8,10,14,16,20-21,23-24,26-27,29-30,32-33,35-36,38-39,42,44,57H,6-7,9,11-13,15,17-19,22,25,28,31,34,37,40-41,43,45-56H2,1-5H3/p+1/b10-8-,16-14-,21-20-,24-23-,27-26-,30-29-,33-32-,36-35-,39-38-,44-42-. The summed E-state index contributed by atoms with van der Waals surface area (Å²) in [6.07, 6.45) is 69.8. The summed E-state index contributed by atoms with van der Waals surface area (Å²) in [5.74, 6) is -0.858. The number of phosphoric acid groups is 1. The fourth-order valence-corrected chi connectivity index (χ4v) is 7.37. The monoisotopic (exact) mass is 981 g/mol. The van der Waals surface area contributed by atoms with E-state index < -0.39 is 26.5 Å². The average Bonchev–Trinajstić information content (AvgIpc) is 3.31. The van der Waals surface area contributed by atoms with Gasteiger partial charge in [0.1, 0.15) is 19.8 Å². The van der Waals surface area contributed by atoms with Gasteiger partial charge in [0.15, 0.2) is 6.10 Å². The van der Waals surface area contributed by atoms with Gasteiger partial charge in [-0.1, -0.05) is 206 Å². The highest BCUT2D eigenvalue weighted by Crippen LogP contribution is 2.43. The van der Waals surface area contributed by atoms with Crippen molar-refractivity contribution in [3.05, 3.63) is 122 Å². The second-order valence-electron chi connectivity index (χ2n) is 18.5. The van der Waals surface area contributed by atoms with Crippen molar-refractivity contribution in [2.45, 2.75) is 193 Å². The summed E-state index contributed by atoms with van der Waals surface area (Å²) in [5.41, 5.74) is 0. The molecule has 0 aliphatic heterocycles. The smallest absolute Gasteiger partial charge is 0.462 e. The number of allylic oxidation sites excluding steroid dienone is 20. The number of phosphoric ester groups is 1. The van der Waals surface area contributed by atoms with Crippen LogP contribution in [-0.4, -0.2) is 74.9 Å². The van der Waals surface area contributed by atoms with E-state index in [2.05, 4.69) is 135 Å². The predicted molar refractivity (Wildman–Crippen MR) is 293 cm³/mol. The Morgan fingerprint density at radius 3 is 1.23 bits per heavy atom. The summed E-state index contributed by atoms with van der Waals surface area (Å²) in [7, 11) is 1.43. The average molecular weight is 981 g/mol. The second kappa shape index (κ2) is 49.4. The Morgan fingerprint density at radius 1 is 0.464 bits per heavy atom. The quantitative estimate of drug-likeness (QED) is 0.0211. The van der Waals surface area contributed by atoms with Crippen LogP contribution in [0.1, 0.15) is 187 Å². The van der Waals surface area contributed by atoms with Crippen LogP contribution in [0.4, 0.5) is 0 Å². The highest BCUT2D eigenvalue weighted by molar-refractivity contribution is 7.47. The van der Waals surface area contributed by atoms with E-state index in [0.717, 1.165) is 96.3 Å². The number of rotatable bonds is 47. The maximum absolute atomic E-state index is 12.7. The molecule has 392 valence electrons. The van der Waals surface area contributed by atoms with Crippen LogP contribution in [-0.2, 0) is 32.7 Å². The molecule has 0 radical (unpaired) electrons. The molecule has 0 aromatic carbocycles. The number of hydrogen-bond acceptors (Lipinski definition) is 7. The Labute approximate surface area is 422 Å². The molecular formula is C59H99NO8P+. The molecule has 0 saturated heterocycles. The minimum atomic E-state index is -4.40. The van der Waals surface area contributed by atoms with Crippen molar-refractivity contribution in [2.24, 2.45) is 0 Å². The first kappa shape index (κ1) is 65.4. The molecule has 10 heteroatoms. The SMILES string of the molecule is CC/C=C\C/C=C\C/C=C\C/C=C\C/C=C\C/C=C\C/C=C\C/C=C\C/C=C\C/C=C\CCCCC(=O)OC(COC(=O)CCCCCCCCCCCCCC)COP(=O)(O)OCC[N+](C)(C)C. The molecule has 2 unspecified atom stereocenters. The topological polar surface area (TPSA) is 108 Å². The van der Waals surface area contributed by atoms with E-state index in [-0.39, 0.29) is 32.0 Å². The van der Waals surface area contributed by atoms with Crippen LogP contribution in [0.15, 0.2) is 122 Å². The fraction of sp³-hybridized carbons (Fsp3) is 0.627. The Morgan fingerprint density at radius 2 is 0.826 bits per heavy atom. The van der Waals surface area contributed by atoms with Crippen LogP contribution in [0, 0.1) is 0 Å². The van der Waals surface area contributed by atoms with Crippen LogP contribution in [0.25, 0.3) is 0 Å². The molecule has 0 aliphatic rings. The third-order valence-electron chi connectivity index (χ3n) is 10.8. The van der Waals surface area contributed by atoms with Crippen molar-refractivity contribution in [1.82, 2.24) is 0 Å². The summed E-state index contributed by atoms with van der Waals surface area (Å²) in [6, 6.07) is 0. The minimum Gasteiger partial charge on any atom is -0.462 e. The third kappa shape index (κ3) is 53.6. The zero-order chi connectivity index (χ0) is 50.6. The molecule has 0 aromatic rings. The van der Waals surface area contributed by atoms with Crippen LogP contribution in [0.2, 0.25) is 0 Å². The normalized spacial score (nSPS) is 14.3. The summed E-state index contributed by atoms with van der Waals surface area (Å²) < 4.78 is 34.4. The van der Waals surface area contributed by atoms with Crippen molar-refractivity contribution in [1.29, 1.82) is 0 Å². The van der Waals surface area contributed by atoms with E-state index in [4.69, 9.17) is 18.5 Å². The number of quaternary nitrogens is 1. The summed E-state index contributed by atoms with van der Waals surface area (Å²) >= 11 is 0. The maximum atomic E-state index is 12.7. The Kier molecular flexibility index (Phi) is 46.8. The summed E-state index contributed by atoms with van der Waals surface area (Å²) in [4.78, 5) is 35.5. The van der Waals surface area contributed by atoms with Crippen LogP contribution < -0.4 is 0 Å². The highest BCUT2D eigenvalue weighted by atomic mass is 31.2. The van der Waals surface area contributed by atoms with Gasteiger partial charge in [0.25, 0.3) is 0 Å². The van der Waals surface area contributed by atoms with Gasteiger partial charge in [-0.25, -0.2) is 4.57 Å². The lowest BCUT2D eigenvalue weighted by atomic mass is 10.0. The van der Waals surface area contributed by atoms with Crippen molar-refractivity contribution >= 4 is 19.8 Å². The molecule has 0 heterocycles. The second-order valence-corrected chi connectivity index (χ2v) is 20.0. The first-order valence-corrected chi connectivity index (χ1v) is 28.3. The Hall–Kier alpha value is -3.59. The molecule has 0 amide bonds. The van der Waals surface area contributed by atoms with Crippen LogP contribution >= 0.6 is 7.82 Å². The van der Waals surface area contributed by atoms with Crippen LogP contribution in [0.5, 0.6) is 0 Å². The predicted octanol–water partition coefficient (Wildman–Crippen LogP) is 16.4. The number of nitrogens with zero attached hydrogens (tertiary/aromatic N) is 1. The van der Waals surface area contributed by atoms with Gasteiger partial charge in [-0.05, 0) is 89.9 Å². The number of carbonyl (C=O) groups excluding carboxylic acids is 2. The lowest BCUT2D eigenvalue weighted by Gasteiger charge is -2.24. The van der Waals surface area contributed by atoms with Gasteiger partial charge in [-0.2, -0.15) is 0 Å². The van der Waals surface area contributed by atoms with Crippen molar-refractivity contribution in [3.63, 3.8) is 0 Å². The molecule has 0 bridgehead atoms. The number of esters is 2. The maximum Gasteiger partial charge on any atom is 0.472 e. The van der Waals surface area contributed by atoms with E-state index in [1.165, 1.54) is 57.8 Å². The van der Waals surface area contributed by atoms with E-state index in [0.29, 0.717) is 17.4 Å². The number of carbonyl (C=O) groups is 2. The highest BCUT2D eigenvalue weighted by Gasteiger charge is 2.27. The van der Waals surface area contributed by atoms with Gasteiger partial charge in [0, 0.05) is 12.8 Å². The molecule has 0 saturated carbocycles. The van der Waals surface area contributed by atoms with Crippen molar-refractivity contribution in [2.75, 3.05) is 47.5 Å². The van der Waals surface area contributed by atoms with Gasteiger partial charge < -0.3 is 18.9 Å². The molecule has 2 atom stereocenters. The molecule has 69 heavy (non-hydrogen) atoms. The lowest BCUT2D eigenvalue weighted by molar-refractivity contribution is -0.870. The molecular weight excluding hydrogens is 882 g/mol. The van der Waals surface area contributed by atoms with Gasteiger partial charge in [-0.15, -0.1) is 0 Å². The first-order valence-electron chi connectivity index (χ1n) is 26.8. The van der Waals surface area contributed by atoms with Gasteiger partial charge in [-0.3, -0.25) is 18.6 Å². The Balaban J connectivity index is 4.29. The molecule has 1 N–H and O–H groups in total. The number of likely N-dealkylation sites (N-methyl/N-ethyl adjacent to an activating group) is 1. The number of ether oxygens (including phenoxy) is 2. The fourth-order valence-electron chi connectivity index (χ4n) is 6.63. The van der Waals surface area contributed by atoms with Crippen LogP contribution in [0.3, 0.4) is 0 Å². The largest absolute Gasteiger partial charge is 0.472 e.